The molecule has 0 bridgehead atoms. The van der Waals surface area contributed by atoms with E-state index < -0.39 is 0 Å². The molecule has 0 fully saturated rings. The first-order valence-electron chi connectivity index (χ1n) is 5.93. The number of hydrogen-bond donors (Lipinski definition) is 0. The van der Waals surface area contributed by atoms with Crippen LogP contribution in [0.3, 0.4) is 0 Å². The van der Waals surface area contributed by atoms with E-state index in [0.29, 0.717) is 11.8 Å². The van der Waals surface area contributed by atoms with Crippen molar-refractivity contribution < 1.29 is 0 Å². The van der Waals surface area contributed by atoms with Gasteiger partial charge in [-0.15, -0.1) is 0 Å². The zero-order chi connectivity index (χ0) is 11.1. The molecule has 0 aliphatic carbocycles. The van der Waals surface area contributed by atoms with Crippen molar-refractivity contribution >= 4 is 0 Å². The summed E-state index contributed by atoms with van der Waals surface area (Å²) in [5.41, 5.74) is 3.07. The van der Waals surface area contributed by atoms with Gasteiger partial charge >= 0.3 is 0 Å². The largest absolute Gasteiger partial charge is 0.0816 e. The molecule has 0 aromatic rings. The molecule has 0 saturated carbocycles. The fourth-order valence-electron chi connectivity index (χ4n) is 1.78. The summed E-state index contributed by atoms with van der Waals surface area (Å²) in [6, 6.07) is 0. The third-order valence-corrected chi connectivity index (χ3v) is 2.56. The SMILES string of the molecule is CCC=C(C=C(C(C)C)C(C)C)CC. The van der Waals surface area contributed by atoms with E-state index in [4.69, 9.17) is 0 Å². The molecule has 0 atom stereocenters. The van der Waals surface area contributed by atoms with Gasteiger partial charge in [-0.2, -0.15) is 0 Å². The van der Waals surface area contributed by atoms with E-state index in [9.17, 15) is 0 Å². The molecule has 0 rings (SSSR count). The highest BCUT2D eigenvalue weighted by Gasteiger charge is 2.07. The smallest absolute Gasteiger partial charge is 0.0254 e. The molecule has 0 aromatic heterocycles. The molecule has 0 heterocycles. The van der Waals surface area contributed by atoms with Crippen LogP contribution in [0.25, 0.3) is 0 Å². The Hall–Kier alpha value is -0.520. The van der Waals surface area contributed by atoms with Crippen molar-refractivity contribution in [3.8, 4) is 0 Å². The van der Waals surface area contributed by atoms with E-state index in [0.717, 1.165) is 12.8 Å². The highest BCUT2D eigenvalue weighted by Crippen LogP contribution is 2.22. The Morgan fingerprint density at radius 2 is 1.50 bits per heavy atom. The van der Waals surface area contributed by atoms with Gasteiger partial charge in [0.2, 0.25) is 0 Å². The Kier molecular flexibility index (Phi) is 6.61. The van der Waals surface area contributed by atoms with E-state index in [1.54, 1.807) is 5.57 Å². The van der Waals surface area contributed by atoms with Crippen molar-refractivity contribution in [2.45, 2.75) is 54.4 Å². The lowest BCUT2D eigenvalue weighted by Gasteiger charge is -2.16. The second kappa shape index (κ2) is 6.86. The Labute approximate surface area is 90.1 Å². The van der Waals surface area contributed by atoms with Crippen molar-refractivity contribution in [2.24, 2.45) is 11.8 Å². The third kappa shape index (κ3) is 4.64. The normalized spacial score (nSPS) is 12.4. The van der Waals surface area contributed by atoms with Crippen molar-refractivity contribution in [2.75, 3.05) is 0 Å². The van der Waals surface area contributed by atoms with Crippen LogP contribution in [0.1, 0.15) is 54.4 Å². The van der Waals surface area contributed by atoms with Crippen LogP contribution in [0.4, 0.5) is 0 Å². The van der Waals surface area contributed by atoms with Crippen molar-refractivity contribution in [1.29, 1.82) is 0 Å². The lowest BCUT2D eigenvalue weighted by Crippen LogP contribution is -2.02. The van der Waals surface area contributed by atoms with Crippen LogP contribution < -0.4 is 0 Å². The fourth-order valence-corrected chi connectivity index (χ4v) is 1.78. The Balaban J connectivity index is 4.78. The molecule has 0 nitrogen and oxygen atoms in total. The summed E-state index contributed by atoms with van der Waals surface area (Å²) < 4.78 is 0. The van der Waals surface area contributed by atoms with Crippen LogP contribution in [-0.4, -0.2) is 0 Å². The van der Waals surface area contributed by atoms with E-state index in [-0.39, 0.29) is 0 Å². The molecule has 0 amide bonds. The van der Waals surface area contributed by atoms with Gasteiger partial charge < -0.3 is 0 Å². The predicted octanol–water partition coefficient (Wildman–Crippen LogP) is 4.97. The third-order valence-electron chi connectivity index (χ3n) is 2.56. The molecule has 0 saturated heterocycles. The summed E-state index contributed by atoms with van der Waals surface area (Å²) >= 11 is 0. The number of hydrogen-bond acceptors (Lipinski definition) is 0. The molecule has 0 aliphatic heterocycles. The van der Waals surface area contributed by atoms with Gasteiger partial charge in [-0.25, -0.2) is 0 Å². The van der Waals surface area contributed by atoms with Crippen LogP contribution >= 0.6 is 0 Å². The van der Waals surface area contributed by atoms with Crippen molar-refractivity contribution in [3.05, 3.63) is 23.3 Å². The molecule has 0 spiro atoms. The second-order valence-corrected chi connectivity index (χ2v) is 4.49. The maximum Gasteiger partial charge on any atom is -0.0254 e. The zero-order valence-corrected chi connectivity index (χ0v) is 10.7. The highest BCUT2D eigenvalue weighted by molar-refractivity contribution is 5.25. The molecule has 14 heavy (non-hydrogen) atoms. The van der Waals surface area contributed by atoms with E-state index >= 15 is 0 Å². The van der Waals surface area contributed by atoms with Gasteiger partial charge in [0, 0.05) is 0 Å². The molecule has 0 heteroatoms. The molecular weight excluding hydrogens is 168 g/mol. The minimum absolute atomic E-state index is 0.668. The Morgan fingerprint density at radius 1 is 1.00 bits per heavy atom. The molecule has 0 N–H and O–H groups in total. The molecule has 0 aliphatic rings. The summed E-state index contributed by atoms with van der Waals surface area (Å²) in [7, 11) is 0. The predicted molar refractivity (Wildman–Crippen MR) is 66.4 cm³/mol. The lowest BCUT2D eigenvalue weighted by atomic mass is 9.90. The molecule has 0 radical (unpaired) electrons. The summed E-state index contributed by atoms with van der Waals surface area (Å²) in [5, 5.41) is 0. The van der Waals surface area contributed by atoms with Gasteiger partial charge in [0.05, 0.1) is 0 Å². The van der Waals surface area contributed by atoms with E-state index in [1.165, 1.54) is 5.57 Å². The van der Waals surface area contributed by atoms with Gasteiger partial charge in [-0.3, -0.25) is 0 Å². The van der Waals surface area contributed by atoms with Gasteiger partial charge in [-0.1, -0.05) is 64.8 Å². The van der Waals surface area contributed by atoms with Crippen molar-refractivity contribution in [1.82, 2.24) is 0 Å². The first-order chi connectivity index (χ1) is 6.52. The Morgan fingerprint density at radius 3 is 1.79 bits per heavy atom. The van der Waals surface area contributed by atoms with E-state index in [1.807, 2.05) is 0 Å². The minimum Gasteiger partial charge on any atom is -0.0816 e. The monoisotopic (exact) mass is 194 g/mol. The van der Waals surface area contributed by atoms with Crippen LogP contribution in [0.2, 0.25) is 0 Å². The van der Waals surface area contributed by atoms with Crippen molar-refractivity contribution in [3.63, 3.8) is 0 Å². The van der Waals surface area contributed by atoms with Gasteiger partial charge in [-0.05, 0) is 24.7 Å². The Bertz CT molecular complexity index is 194. The first-order valence-corrected chi connectivity index (χ1v) is 5.93. The fraction of sp³-hybridized carbons (Fsp3) is 0.714. The standard InChI is InChI=1S/C14H26/c1-7-9-13(8-2)10-14(11(3)4)12(5)6/h9-12H,7-8H2,1-6H3. The average molecular weight is 194 g/mol. The van der Waals surface area contributed by atoms with Crippen LogP contribution in [0.5, 0.6) is 0 Å². The molecule has 0 aromatic carbocycles. The molecule has 82 valence electrons. The summed E-state index contributed by atoms with van der Waals surface area (Å²) in [4.78, 5) is 0. The highest BCUT2D eigenvalue weighted by atomic mass is 14.1. The van der Waals surface area contributed by atoms with Gasteiger partial charge in [0.25, 0.3) is 0 Å². The number of rotatable bonds is 5. The summed E-state index contributed by atoms with van der Waals surface area (Å²) in [5.74, 6) is 1.34. The minimum atomic E-state index is 0.668. The maximum absolute atomic E-state index is 2.40. The average Bonchev–Trinajstić information content (AvgIpc) is 2.10. The number of allylic oxidation sites excluding steroid dienone is 4. The first kappa shape index (κ1) is 13.5. The lowest BCUT2D eigenvalue weighted by molar-refractivity contribution is 0.624. The van der Waals surface area contributed by atoms with Crippen LogP contribution in [0.15, 0.2) is 23.3 Å². The summed E-state index contributed by atoms with van der Waals surface area (Å²) in [6.07, 6.45) is 7.03. The van der Waals surface area contributed by atoms with Gasteiger partial charge in [0.15, 0.2) is 0 Å². The second-order valence-electron chi connectivity index (χ2n) is 4.49. The summed E-state index contributed by atoms with van der Waals surface area (Å²) in [6.45, 7) is 13.6. The maximum atomic E-state index is 2.40. The van der Waals surface area contributed by atoms with Crippen LogP contribution in [-0.2, 0) is 0 Å². The van der Waals surface area contributed by atoms with Crippen LogP contribution in [0, 0.1) is 11.8 Å². The molecular formula is C14H26. The van der Waals surface area contributed by atoms with E-state index in [2.05, 4.69) is 53.7 Å². The van der Waals surface area contributed by atoms with Gasteiger partial charge in [0.1, 0.15) is 0 Å². The topological polar surface area (TPSA) is 0 Å². The molecule has 0 unspecified atom stereocenters. The quantitative estimate of drug-likeness (QED) is 0.542. The zero-order valence-electron chi connectivity index (χ0n) is 10.7.